The van der Waals surface area contributed by atoms with Crippen molar-refractivity contribution < 1.29 is 13.2 Å². The van der Waals surface area contributed by atoms with Gasteiger partial charge in [0.25, 0.3) is 5.91 Å². The Morgan fingerprint density at radius 2 is 1.86 bits per heavy atom. The fourth-order valence-corrected chi connectivity index (χ4v) is 3.68. The van der Waals surface area contributed by atoms with Crippen molar-refractivity contribution >= 4 is 21.7 Å². The van der Waals surface area contributed by atoms with Crippen LogP contribution < -0.4 is 11.5 Å². The van der Waals surface area contributed by atoms with Crippen LogP contribution >= 0.6 is 0 Å². The molecule has 21 heavy (non-hydrogen) atoms. The second-order valence-electron chi connectivity index (χ2n) is 4.80. The van der Waals surface area contributed by atoms with Gasteiger partial charge in [-0.3, -0.25) is 4.79 Å². The molecule has 0 unspecified atom stereocenters. The van der Waals surface area contributed by atoms with Crippen LogP contribution in [0.4, 0.5) is 0 Å². The topological polar surface area (TPSA) is 116 Å². The Hall–Kier alpha value is -1.89. The first-order valence-corrected chi connectivity index (χ1v) is 8.60. The maximum atomic E-state index is 12.1. The molecule has 0 atom stereocenters. The number of guanidine groups is 1. The highest BCUT2D eigenvalue weighted by atomic mass is 32.2. The van der Waals surface area contributed by atoms with E-state index in [-0.39, 0.29) is 16.4 Å². The number of rotatable bonds is 5. The molecule has 0 aliphatic rings. The predicted octanol–water partition coefficient (Wildman–Crippen LogP) is 1.02. The van der Waals surface area contributed by atoms with E-state index >= 15 is 0 Å². The van der Waals surface area contributed by atoms with Crippen molar-refractivity contribution in [3.05, 3.63) is 28.8 Å². The number of benzene rings is 1. The molecule has 1 rings (SSSR count). The summed E-state index contributed by atoms with van der Waals surface area (Å²) >= 11 is 0. The van der Waals surface area contributed by atoms with E-state index in [9.17, 15) is 13.2 Å². The Balaban J connectivity index is 3.65. The summed E-state index contributed by atoms with van der Waals surface area (Å²) in [6.07, 6.45) is 3.00. The number of nitrogens with zero attached hydrogens (tertiary/aromatic N) is 1. The third kappa shape index (κ3) is 4.04. The third-order valence-corrected chi connectivity index (χ3v) is 4.30. The van der Waals surface area contributed by atoms with Crippen LogP contribution in [0.1, 0.15) is 41.8 Å². The summed E-state index contributed by atoms with van der Waals surface area (Å²) in [6, 6.07) is 3.25. The average molecular weight is 311 g/mol. The van der Waals surface area contributed by atoms with Gasteiger partial charge in [-0.05, 0) is 30.0 Å². The van der Waals surface area contributed by atoms with Crippen LogP contribution in [-0.2, 0) is 22.7 Å². The van der Waals surface area contributed by atoms with Gasteiger partial charge in [-0.2, -0.15) is 4.99 Å². The van der Waals surface area contributed by atoms with Crippen molar-refractivity contribution in [2.75, 3.05) is 6.26 Å². The zero-order chi connectivity index (χ0) is 16.2. The van der Waals surface area contributed by atoms with Crippen LogP contribution in [0.15, 0.2) is 22.0 Å². The van der Waals surface area contributed by atoms with Crippen molar-refractivity contribution in [2.24, 2.45) is 16.5 Å². The van der Waals surface area contributed by atoms with Crippen LogP contribution in [0.5, 0.6) is 0 Å². The van der Waals surface area contributed by atoms with Crippen LogP contribution in [0.3, 0.4) is 0 Å². The predicted molar refractivity (Wildman–Crippen MR) is 83.1 cm³/mol. The molecule has 0 aromatic heterocycles. The summed E-state index contributed by atoms with van der Waals surface area (Å²) < 4.78 is 24.2. The molecule has 4 N–H and O–H groups in total. The number of sulfone groups is 1. The molecule has 1 aromatic rings. The lowest BCUT2D eigenvalue weighted by Gasteiger charge is -2.15. The fourth-order valence-electron chi connectivity index (χ4n) is 2.33. The first-order chi connectivity index (χ1) is 9.72. The molecule has 0 bridgehead atoms. The third-order valence-electron chi connectivity index (χ3n) is 3.05. The lowest BCUT2D eigenvalue weighted by Crippen LogP contribution is -2.24. The van der Waals surface area contributed by atoms with E-state index in [0.717, 1.165) is 18.2 Å². The number of nitrogens with two attached hydrogens (primary N) is 2. The SMILES string of the molecule is CCCc1ccc(C(=O)N=C(N)N)c(CC)c1S(C)(=O)=O. The average Bonchev–Trinajstić information content (AvgIpc) is 2.36. The zero-order valence-electron chi connectivity index (χ0n) is 12.5. The molecule has 7 heteroatoms. The number of aryl methyl sites for hydroxylation is 1. The number of amides is 1. The zero-order valence-corrected chi connectivity index (χ0v) is 13.3. The maximum absolute atomic E-state index is 12.1. The standard InChI is InChI=1S/C14H21N3O3S/c1-4-6-9-7-8-11(13(18)17-14(15)16)10(5-2)12(9)21(3,19)20/h7-8H,4-6H2,1-3H3,(H4,15,16,17,18). The fraction of sp³-hybridized carbons (Fsp3) is 0.429. The second kappa shape index (κ2) is 6.71. The van der Waals surface area contributed by atoms with E-state index < -0.39 is 15.7 Å². The minimum Gasteiger partial charge on any atom is -0.370 e. The van der Waals surface area contributed by atoms with Crippen LogP contribution in [0.25, 0.3) is 0 Å². The van der Waals surface area contributed by atoms with Gasteiger partial charge in [-0.25, -0.2) is 8.42 Å². The summed E-state index contributed by atoms with van der Waals surface area (Å²) in [6.45, 7) is 3.77. The minimum absolute atomic E-state index is 0.225. The van der Waals surface area contributed by atoms with Crippen LogP contribution in [0.2, 0.25) is 0 Å². The Labute approximate surface area is 125 Å². The monoisotopic (exact) mass is 311 g/mol. The second-order valence-corrected chi connectivity index (χ2v) is 6.75. The van der Waals surface area contributed by atoms with Crippen molar-refractivity contribution in [3.63, 3.8) is 0 Å². The van der Waals surface area contributed by atoms with Gasteiger partial charge in [0, 0.05) is 11.8 Å². The van der Waals surface area contributed by atoms with E-state index in [1.165, 1.54) is 0 Å². The summed E-state index contributed by atoms with van der Waals surface area (Å²) in [7, 11) is -3.45. The molecule has 0 heterocycles. The lowest BCUT2D eigenvalue weighted by atomic mass is 9.99. The van der Waals surface area contributed by atoms with E-state index in [0.29, 0.717) is 18.4 Å². The molecular formula is C14H21N3O3S. The first kappa shape index (κ1) is 17.2. The van der Waals surface area contributed by atoms with E-state index in [4.69, 9.17) is 11.5 Å². The Bertz CT molecular complexity index is 675. The number of hydrogen-bond donors (Lipinski definition) is 2. The van der Waals surface area contributed by atoms with Gasteiger partial charge >= 0.3 is 0 Å². The summed E-state index contributed by atoms with van der Waals surface area (Å²) in [5.74, 6) is -0.972. The molecule has 116 valence electrons. The summed E-state index contributed by atoms with van der Waals surface area (Å²) in [5.41, 5.74) is 11.8. The number of aliphatic imine (C=N–C) groups is 1. The van der Waals surface area contributed by atoms with Crippen molar-refractivity contribution in [3.8, 4) is 0 Å². The lowest BCUT2D eigenvalue weighted by molar-refractivity contribution is 0.100. The quantitative estimate of drug-likeness (QED) is 0.622. The van der Waals surface area contributed by atoms with Gasteiger partial charge < -0.3 is 11.5 Å². The normalized spacial score (nSPS) is 11.2. The molecule has 0 radical (unpaired) electrons. The summed E-state index contributed by atoms with van der Waals surface area (Å²) in [5, 5.41) is 0. The minimum atomic E-state index is -3.45. The first-order valence-electron chi connectivity index (χ1n) is 6.71. The van der Waals surface area contributed by atoms with Gasteiger partial charge in [-0.15, -0.1) is 0 Å². The van der Waals surface area contributed by atoms with Gasteiger partial charge in [0.1, 0.15) is 0 Å². The molecule has 0 aliphatic heterocycles. The molecule has 0 saturated heterocycles. The Morgan fingerprint density at radius 1 is 1.24 bits per heavy atom. The molecule has 1 aromatic carbocycles. The Morgan fingerprint density at radius 3 is 2.29 bits per heavy atom. The van der Waals surface area contributed by atoms with E-state index in [1.807, 2.05) is 6.92 Å². The highest BCUT2D eigenvalue weighted by Gasteiger charge is 2.22. The van der Waals surface area contributed by atoms with Crippen molar-refractivity contribution in [2.45, 2.75) is 38.0 Å². The van der Waals surface area contributed by atoms with Crippen molar-refractivity contribution in [1.29, 1.82) is 0 Å². The van der Waals surface area contributed by atoms with Gasteiger partial charge in [0.15, 0.2) is 15.8 Å². The molecule has 0 saturated carbocycles. The van der Waals surface area contributed by atoms with Crippen LogP contribution in [-0.4, -0.2) is 26.5 Å². The number of carbonyl (C=O) groups is 1. The van der Waals surface area contributed by atoms with Gasteiger partial charge in [-0.1, -0.05) is 26.3 Å². The maximum Gasteiger partial charge on any atom is 0.280 e. The summed E-state index contributed by atoms with van der Waals surface area (Å²) in [4.78, 5) is 15.8. The van der Waals surface area contributed by atoms with Crippen molar-refractivity contribution in [1.82, 2.24) is 0 Å². The molecule has 0 spiro atoms. The highest BCUT2D eigenvalue weighted by molar-refractivity contribution is 7.90. The highest BCUT2D eigenvalue weighted by Crippen LogP contribution is 2.27. The Kier molecular flexibility index (Phi) is 5.48. The molecule has 6 nitrogen and oxygen atoms in total. The van der Waals surface area contributed by atoms with E-state index in [2.05, 4.69) is 4.99 Å². The smallest absolute Gasteiger partial charge is 0.280 e. The molecule has 0 fully saturated rings. The number of carbonyl (C=O) groups excluding carboxylic acids is 1. The largest absolute Gasteiger partial charge is 0.370 e. The van der Waals surface area contributed by atoms with Crippen LogP contribution in [0, 0.1) is 0 Å². The molecular weight excluding hydrogens is 290 g/mol. The van der Waals surface area contributed by atoms with E-state index in [1.54, 1.807) is 19.1 Å². The molecule has 0 aliphatic carbocycles. The van der Waals surface area contributed by atoms with Gasteiger partial charge in [0.05, 0.1) is 4.90 Å². The number of hydrogen-bond acceptors (Lipinski definition) is 3. The van der Waals surface area contributed by atoms with Gasteiger partial charge in [0.2, 0.25) is 0 Å². The molecule has 1 amide bonds.